The van der Waals surface area contributed by atoms with Crippen molar-refractivity contribution in [3.05, 3.63) is 30.1 Å². The first-order valence-corrected chi connectivity index (χ1v) is 6.50. The topological polar surface area (TPSA) is 46.0 Å². The van der Waals surface area contributed by atoms with Crippen molar-refractivity contribution < 1.29 is 8.91 Å². The fourth-order valence-electron chi connectivity index (χ4n) is 0.786. The lowest BCUT2D eigenvalue weighted by atomic mass is 10.3. The molecule has 0 amide bonds. The molecule has 4 nitrogen and oxygen atoms in total. The maximum Gasteiger partial charge on any atom is 0.311 e. The van der Waals surface area contributed by atoms with Crippen molar-refractivity contribution in [3.63, 3.8) is 0 Å². The summed E-state index contributed by atoms with van der Waals surface area (Å²) in [5.41, 5.74) is 0. The van der Waals surface area contributed by atoms with E-state index in [0.717, 1.165) is 8.52 Å². The molecular weight excluding hydrogens is 242 g/mol. The number of hydrogen-bond donors (Lipinski definition) is 1. The fourth-order valence-corrected chi connectivity index (χ4v) is 3.68. The molecule has 1 heterocycles. The molecule has 0 saturated carbocycles. The number of benzene rings is 1. The minimum absolute atomic E-state index is 0.273. The second-order valence-corrected chi connectivity index (χ2v) is 5.62. The molecule has 1 aliphatic heterocycles. The van der Waals surface area contributed by atoms with Crippen LogP contribution in [-0.4, -0.2) is 0 Å². The van der Waals surface area contributed by atoms with E-state index in [1.165, 1.54) is 12.1 Å². The van der Waals surface area contributed by atoms with E-state index >= 15 is 0 Å². The third-order valence-corrected chi connectivity index (χ3v) is 4.42. The van der Waals surface area contributed by atoms with Gasteiger partial charge in [0.1, 0.15) is 20.1 Å². The van der Waals surface area contributed by atoms with Crippen molar-refractivity contribution in [1.29, 1.82) is 0 Å². The molecule has 1 aromatic carbocycles. The highest BCUT2D eigenvalue weighted by molar-refractivity contribution is 7.64. The lowest BCUT2D eigenvalue weighted by Crippen LogP contribution is -1.95. The Bertz CT molecular complexity index is 369. The van der Waals surface area contributed by atoms with E-state index in [1.54, 1.807) is 12.1 Å². The molecule has 0 fully saturated rings. The zero-order chi connectivity index (χ0) is 9.80. The van der Waals surface area contributed by atoms with Crippen molar-refractivity contribution >= 4 is 25.5 Å². The summed E-state index contributed by atoms with van der Waals surface area (Å²) >= 11 is 0. The largest absolute Gasteiger partial charge is 0.439 e. The Kier molecular flexibility index (Phi) is 3.49. The average Bonchev–Trinajstić information content (AvgIpc) is 2.23. The van der Waals surface area contributed by atoms with Gasteiger partial charge >= 0.3 is 8.45 Å². The molecule has 72 valence electrons. The van der Waals surface area contributed by atoms with E-state index in [1.807, 2.05) is 0 Å². The van der Waals surface area contributed by atoms with Gasteiger partial charge in [-0.3, -0.25) is 0 Å². The van der Waals surface area contributed by atoms with Gasteiger partial charge in [0.25, 0.3) is 0 Å². The minimum Gasteiger partial charge on any atom is -0.439 e. The van der Waals surface area contributed by atoms with Crippen molar-refractivity contribution in [2.45, 2.75) is 0 Å². The van der Waals surface area contributed by atoms with Crippen molar-refractivity contribution in [2.24, 2.45) is 9.03 Å². The van der Waals surface area contributed by atoms with Crippen LogP contribution in [0.1, 0.15) is 0 Å². The van der Waals surface area contributed by atoms with E-state index in [9.17, 15) is 4.39 Å². The zero-order valence-electron chi connectivity index (χ0n) is 6.83. The molecule has 1 aromatic rings. The number of hydrogen-bond acceptors (Lipinski definition) is 4. The van der Waals surface area contributed by atoms with Gasteiger partial charge in [-0.15, -0.1) is 0 Å². The maximum atomic E-state index is 12.6. The van der Waals surface area contributed by atoms with Gasteiger partial charge < -0.3 is 4.52 Å². The highest BCUT2D eigenvalue weighted by Gasteiger charge is 2.10. The smallest absolute Gasteiger partial charge is 0.311 e. The lowest BCUT2D eigenvalue weighted by Gasteiger charge is -2.11. The van der Waals surface area contributed by atoms with E-state index in [0.29, 0.717) is 14.3 Å². The maximum absolute atomic E-state index is 12.6. The Balaban J connectivity index is 2.00. The Morgan fingerprint density at radius 2 is 2.14 bits per heavy atom. The molecule has 0 saturated heterocycles. The van der Waals surface area contributed by atoms with E-state index in [4.69, 9.17) is 4.52 Å². The van der Waals surface area contributed by atoms with Crippen molar-refractivity contribution in [3.8, 4) is 5.75 Å². The fraction of sp³-hybridized carbons (Fsp3) is 0. The molecule has 0 bridgehead atoms. The molecule has 1 N–H and O–H groups in total. The Morgan fingerprint density at radius 3 is 2.79 bits per heavy atom. The van der Waals surface area contributed by atoms with Gasteiger partial charge in [-0.2, -0.15) is 13.9 Å². The van der Waals surface area contributed by atoms with Crippen molar-refractivity contribution in [2.75, 3.05) is 0 Å². The number of nitrogens with zero attached hydrogens (tertiary/aromatic N) is 2. The normalized spacial score (nSPS) is 21.9. The van der Waals surface area contributed by atoms with Crippen LogP contribution in [-0.2, 0) is 0 Å². The van der Waals surface area contributed by atoms with Gasteiger partial charge in [0.15, 0.2) is 8.52 Å². The third-order valence-electron chi connectivity index (χ3n) is 1.34. The van der Waals surface area contributed by atoms with Crippen molar-refractivity contribution in [1.82, 2.24) is 4.86 Å². The van der Waals surface area contributed by atoms with E-state index in [-0.39, 0.29) is 5.82 Å². The second kappa shape index (κ2) is 4.86. The van der Waals surface area contributed by atoms with Gasteiger partial charge in [-0.25, -0.2) is 4.39 Å². The van der Waals surface area contributed by atoms with E-state index < -0.39 is 8.45 Å². The minimum atomic E-state index is -1.02. The molecule has 0 spiro atoms. The monoisotopic (exact) mass is 247 g/mol. The summed E-state index contributed by atoms with van der Waals surface area (Å²) in [6.07, 6.45) is 0. The van der Waals surface area contributed by atoms with Crippen LogP contribution in [0, 0.1) is 5.82 Å². The highest BCUT2D eigenvalue weighted by atomic mass is 31.2. The first-order valence-electron chi connectivity index (χ1n) is 3.64. The van der Waals surface area contributed by atoms with Crippen LogP contribution >= 0.6 is 25.5 Å². The second-order valence-electron chi connectivity index (χ2n) is 2.29. The Morgan fingerprint density at radius 1 is 1.36 bits per heavy atom. The first kappa shape index (κ1) is 10.1. The summed E-state index contributed by atoms with van der Waals surface area (Å²) < 4.78 is 26.0. The molecular formula is C6H5FN3OP3. The standard InChI is InChI=1S/C6H5FN3OP3/c7-5-1-3-6(4-2-5)11-14-9-12-8-13-10-14/h1-4H,(H,8,9,10). The zero-order valence-corrected chi connectivity index (χ0v) is 9.51. The summed E-state index contributed by atoms with van der Waals surface area (Å²) in [6.45, 7) is 0. The predicted molar refractivity (Wildman–Crippen MR) is 55.8 cm³/mol. The summed E-state index contributed by atoms with van der Waals surface area (Å²) in [6, 6.07) is 5.87. The summed E-state index contributed by atoms with van der Waals surface area (Å²) in [5.74, 6) is 0.339. The molecule has 2 rings (SSSR count). The Labute approximate surface area is 84.7 Å². The van der Waals surface area contributed by atoms with Gasteiger partial charge in [-0.05, 0) is 24.3 Å². The molecule has 1 aliphatic rings. The van der Waals surface area contributed by atoms with Gasteiger partial charge in [0.2, 0.25) is 0 Å². The molecule has 0 aromatic heterocycles. The van der Waals surface area contributed by atoms with Gasteiger partial charge in [-0.1, -0.05) is 0 Å². The number of halogens is 1. The van der Waals surface area contributed by atoms with Crippen LogP contribution in [0.2, 0.25) is 0 Å². The quantitative estimate of drug-likeness (QED) is 0.798. The molecule has 8 heteroatoms. The molecule has 1 unspecified atom stereocenters. The molecule has 1 atom stereocenters. The van der Waals surface area contributed by atoms with Gasteiger partial charge in [0, 0.05) is 0 Å². The third kappa shape index (κ3) is 2.76. The number of nitrogens with one attached hydrogen (secondary N) is 1. The van der Waals surface area contributed by atoms with Crippen LogP contribution in [0.25, 0.3) is 0 Å². The first-order chi connectivity index (χ1) is 6.84. The number of rotatable bonds is 2. The van der Waals surface area contributed by atoms with E-state index in [2.05, 4.69) is 13.9 Å². The predicted octanol–water partition coefficient (Wildman–Crippen LogP) is 4.12. The van der Waals surface area contributed by atoms with Crippen LogP contribution in [0.4, 0.5) is 4.39 Å². The highest BCUT2D eigenvalue weighted by Crippen LogP contribution is 2.44. The molecule has 14 heavy (non-hydrogen) atoms. The van der Waals surface area contributed by atoms with Crippen LogP contribution < -0.4 is 9.38 Å². The summed E-state index contributed by atoms with van der Waals surface area (Å²) in [5, 5.41) is 0. The summed E-state index contributed by atoms with van der Waals surface area (Å²) in [7, 11) is 0.437. The average molecular weight is 247 g/mol. The molecule has 0 radical (unpaired) electrons. The lowest BCUT2D eigenvalue weighted by molar-refractivity contribution is 0.597. The Hall–Kier alpha value is -0.460. The van der Waals surface area contributed by atoms with Gasteiger partial charge in [0.05, 0.1) is 0 Å². The van der Waals surface area contributed by atoms with Crippen LogP contribution in [0.5, 0.6) is 5.75 Å². The molecule has 0 aliphatic carbocycles. The summed E-state index contributed by atoms with van der Waals surface area (Å²) in [4.78, 5) is 2.96. The van der Waals surface area contributed by atoms with Crippen LogP contribution in [0.3, 0.4) is 0 Å². The van der Waals surface area contributed by atoms with Crippen LogP contribution in [0.15, 0.2) is 33.3 Å². The SMILES string of the molecule is Fc1ccc(OP2N=PN=PN2)cc1.